The van der Waals surface area contributed by atoms with E-state index in [-0.39, 0.29) is 5.69 Å². The van der Waals surface area contributed by atoms with Crippen LogP contribution in [-0.2, 0) is 5.41 Å². The molecule has 1 rings (SSSR count). The van der Waals surface area contributed by atoms with Gasteiger partial charge in [0.15, 0.2) is 5.76 Å². The minimum absolute atomic E-state index is 0.255. The highest BCUT2D eigenvalue weighted by Gasteiger charge is 2.34. The van der Waals surface area contributed by atoms with Crippen molar-refractivity contribution < 1.29 is 13.3 Å². The van der Waals surface area contributed by atoms with Crippen LogP contribution >= 0.6 is 0 Å². The summed E-state index contributed by atoms with van der Waals surface area (Å²) in [5.74, 6) is 0.453. The fraction of sp³-hybridized carbons (Fsp3) is 0.500. The Labute approximate surface area is 81.6 Å². The number of nitrogens with zero attached hydrogens (tertiary/aromatic N) is 1. The standard InChI is InChI=1S/C10H13F2NO/c1-6(2)7-5-8(13-14-7)10(3,4)9(11)12/h5,9H,1H2,2-4H3. The zero-order chi connectivity index (χ0) is 10.9. The maximum absolute atomic E-state index is 12.6. The first kappa shape index (κ1) is 10.9. The molecule has 0 spiro atoms. The van der Waals surface area contributed by atoms with E-state index in [0.29, 0.717) is 11.3 Å². The van der Waals surface area contributed by atoms with Crippen molar-refractivity contribution in [3.8, 4) is 0 Å². The number of aromatic nitrogens is 1. The van der Waals surface area contributed by atoms with E-state index in [4.69, 9.17) is 4.52 Å². The van der Waals surface area contributed by atoms with E-state index in [1.165, 1.54) is 19.9 Å². The summed E-state index contributed by atoms with van der Waals surface area (Å²) in [6, 6.07) is 1.51. The largest absolute Gasteiger partial charge is 0.356 e. The second kappa shape index (κ2) is 3.52. The van der Waals surface area contributed by atoms with Gasteiger partial charge in [0.1, 0.15) is 0 Å². The molecule has 2 nitrogen and oxygen atoms in total. The third-order valence-electron chi connectivity index (χ3n) is 2.14. The molecule has 1 aromatic rings. The van der Waals surface area contributed by atoms with E-state index in [2.05, 4.69) is 11.7 Å². The second-order valence-corrected chi connectivity index (χ2v) is 3.88. The fourth-order valence-corrected chi connectivity index (χ4v) is 0.892. The Balaban J connectivity index is 3.02. The molecule has 78 valence electrons. The molecule has 0 saturated heterocycles. The zero-order valence-corrected chi connectivity index (χ0v) is 8.47. The van der Waals surface area contributed by atoms with Crippen molar-refractivity contribution in [3.05, 3.63) is 24.1 Å². The maximum Gasteiger partial charge on any atom is 0.249 e. The lowest BCUT2D eigenvalue weighted by atomic mass is 9.90. The molecule has 0 bridgehead atoms. The first-order chi connectivity index (χ1) is 6.35. The van der Waals surface area contributed by atoms with Gasteiger partial charge in [0.2, 0.25) is 6.43 Å². The Kier molecular flexibility index (Phi) is 2.73. The first-order valence-corrected chi connectivity index (χ1v) is 4.27. The lowest BCUT2D eigenvalue weighted by Crippen LogP contribution is -2.27. The zero-order valence-electron chi connectivity index (χ0n) is 8.47. The molecule has 0 aliphatic heterocycles. The molecule has 0 aliphatic carbocycles. The van der Waals surface area contributed by atoms with Crippen molar-refractivity contribution in [2.24, 2.45) is 0 Å². The van der Waals surface area contributed by atoms with Gasteiger partial charge in [0, 0.05) is 6.07 Å². The number of halogens is 2. The molecule has 0 fully saturated rings. The van der Waals surface area contributed by atoms with Crippen LogP contribution in [0.3, 0.4) is 0 Å². The van der Waals surface area contributed by atoms with Crippen LogP contribution in [0, 0.1) is 0 Å². The SMILES string of the molecule is C=C(C)c1cc(C(C)(C)C(F)F)no1. The molecule has 0 saturated carbocycles. The van der Waals surface area contributed by atoms with Crippen molar-refractivity contribution in [3.63, 3.8) is 0 Å². The molecule has 4 heteroatoms. The molecule has 0 unspecified atom stereocenters. The Hall–Kier alpha value is -1.19. The number of allylic oxidation sites excluding steroid dienone is 1. The predicted molar refractivity (Wildman–Crippen MR) is 50.2 cm³/mol. The topological polar surface area (TPSA) is 26.0 Å². The lowest BCUT2D eigenvalue weighted by molar-refractivity contribution is 0.0652. The van der Waals surface area contributed by atoms with Gasteiger partial charge in [-0.3, -0.25) is 0 Å². The summed E-state index contributed by atoms with van der Waals surface area (Å²) < 4.78 is 30.1. The quantitative estimate of drug-likeness (QED) is 0.750. The number of alkyl halides is 2. The normalized spacial score (nSPS) is 12.1. The van der Waals surface area contributed by atoms with Gasteiger partial charge in [0.25, 0.3) is 0 Å². The highest BCUT2D eigenvalue weighted by molar-refractivity contribution is 5.56. The minimum Gasteiger partial charge on any atom is -0.356 e. The summed E-state index contributed by atoms with van der Waals surface area (Å²) in [5, 5.41) is 3.61. The molecule has 0 aliphatic rings. The molecule has 0 N–H and O–H groups in total. The average Bonchev–Trinajstić information content (AvgIpc) is 2.51. The smallest absolute Gasteiger partial charge is 0.249 e. The van der Waals surface area contributed by atoms with E-state index in [0.717, 1.165) is 0 Å². The van der Waals surface area contributed by atoms with Crippen LogP contribution in [0.4, 0.5) is 8.78 Å². The lowest BCUT2D eigenvalue weighted by Gasteiger charge is -2.19. The van der Waals surface area contributed by atoms with Crippen LogP contribution in [0.1, 0.15) is 32.2 Å². The van der Waals surface area contributed by atoms with Crippen molar-refractivity contribution in [1.82, 2.24) is 5.16 Å². The van der Waals surface area contributed by atoms with Gasteiger partial charge in [0.05, 0.1) is 11.1 Å². The Morgan fingerprint density at radius 1 is 1.57 bits per heavy atom. The summed E-state index contributed by atoms with van der Waals surface area (Å²) in [7, 11) is 0. The van der Waals surface area contributed by atoms with Crippen LogP contribution in [0.5, 0.6) is 0 Å². The first-order valence-electron chi connectivity index (χ1n) is 4.27. The van der Waals surface area contributed by atoms with Crippen molar-refractivity contribution in [1.29, 1.82) is 0 Å². The summed E-state index contributed by atoms with van der Waals surface area (Å²) in [6.07, 6.45) is -2.47. The van der Waals surface area contributed by atoms with Gasteiger partial charge >= 0.3 is 0 Å². The molecular formula is C10H13F2NO. The van der Waals surface area contributed by atoms with Crippen molar-refractivity contribution >= 4 is 5.57 Å². The monoisotopic (exact) mass is 201 g/mol. The number of rotatable bonds is 3. The van der Waals surface area contributed by atoms with Crippen molar-refractivity contribution in [2.45, 2.75) is 32.6 Å². The van der Waals surface area contributed by atoms with E-state index in [9.17, 15) is 8.78 Å². The van der Waals surface area contributed by atoms with E-state index >= 15 is 0 Å². The molecule has 0 radical (unpaired) electrons. The molecule has 1 heterocycles. The summed E-state index contributed by atoms with van der Waals surface area (Å²) in [6.45, 7) is 8.24. The van der Waals surface area contributed by atoms with Gasteiger partial charge in [-0.25, -0.2) is 8.78 Å². The number of hydrogen-bond donors (Lipinski definition) is 0. The van der Waals surface area contributed by atoms with E-state index < -0.39 is 11.8 Å². The summed E-state index contributed by atoms with van der Waals surface area (Å²) >= 11 is 0. The van der Waals surface area contributed by atoms with Crippen LogP contribution in [-0.4, -0.2) is 11.6 Å². The van der Waals surface area contributed by atoms with Gasteiger partial charge in [-0.05, 0) is 26.3 Å². The van der Waals surface area contributed by atoms with Crippen LogP contribution in [0.15, 0.2) is 17.2 Å². The fourth-order valence-electron chi connectivity index (χ4n) is 0.892. The van der Waals surface area contributed by atoms with E-state index in [1.807, 2.05) is 0 Å². The minimum atomic E-state index is -2.47. The number of hydrogen-bond acceptors (Lipinski definition) is 2. The van der Waals surface area contributed by atoms with Gasteiger partial charge < -0.3 is 4.52 Å². The third-order valence-corrected chi connectivity index (χ3v) is 2.14. The highest BCUT2D eigenvalue weighted by Crippen LogP contribution is 2.30. The van der Waals surface area contributed by atoms with Gasteiger partial charge in [-0.15, -0.1) is 0 Å². The van der Waals surface area contributed by atoms with Crippen LogP contribution < -0.4 is 0 Å². The highest BCUT2D eigenvalue weighted by atomic mass is 19.3. The molecule has 0 amide bonds. The maximum atomic E-state index is 12.6. The molecule has 0 aromatic carbocycles. The molecule has 0 atom stereocenters. The molecule has 1 aromatic heterocycles. The predicted octanol–water partition coefficient (Wildman–Crippen LogP) is 3.25. The molecule has 14 heavy (non-hydrogen) atoms. The summed E-state index contributed by atoms with van der Waals surface area (Å²) in [5.41, 5.74) is -0.351. The van der Waals surface area contributed by atoms with Crippen LogP contribution in [0.2, 0.25) is 0 Å². The van der Waals surface area contributed by atoms with Crippen molar-refractivity contribution in [2.75, 3.05) is 0 Å². The van der Waals surface area contributed by atoms with Crippen LogP contribution in [0.25, 0.3) is 5.57 Å². The summed E-state index contributed by atoms with van der Waals surface area (Å²) in [4.78, 5) is 0. The average molecular weight is 201 g/mol. The molecular weight excluding hydrogens is 188 g/mol. The third kappa shape index (κ3) is 1.84. The van der Waals surface area contributed by atoms with Gasteiger partial charge in [-0.2, -0.15) is 0 Å². The Bertz CT molecular complexity index is 342. The Morgan fingerprint density at radius 3 is 2.50 bits per heavy atom. The van der Waals surface area contributed by atoms with Gasteiger partial charge in [-0.1, -0.05) is 11.7 Å². The second-order valence-electron chi connectivity index (χ2n) is 3.88. The van der Waals surface area contributed by atoms with E-state index in [1.54, 1.807) is 6.92 Å². The Morgan fingerprint density at radius 2 is 2.14 bits per heavy atom.